The summed E-state index contributed by atoms with van der Waals surface area (Å²) in [7, 11) is 0. The predicted molar refractivity (Wildman–Crippen MR) is 146 cm³/mol. The summed E-state index contributed by atoms with van der Waals surface area (Å²) in [6.45, 7) is 6.32. The second-order valence-corrected chi connectivity index (χ2v) is 10.8. The molecule has 6 nitrogen and oxygen atoms in total. The molecule has 1 aliphatic carbocycles. The number of hydrogen-bond acceptors (Lipinski definition) is 6. The van der Waals surface area contributed by atoms with Crippen LogP contribution < -0.4 is 4.72 Å². The molecule has 2 aliphatic rings. The largest absolute Gasteiger partial charge is 0.337 e. The van der Waals surface area contributed by atoms with Crippen LogP contribution in [0.1, 0.15) is 68.7 Å². The Kier molecular flexibility index (Phi) is 7.38. The Morgan fingerprint density at radius 2 is 1.92 bits per heavy atom. The summed E-state index contributed by atoms with van der Waals surface area (Å²) >= 11 is 1.36. The van der Waals surface area contributed by atoms with E-state index in [0.717, 1.165) is 78.1 Å². The van der Waals surface area contributed by atoms with Gasteiger partial charge in [-0.15, -0.1) is 0 Å². The van der Waals surface area contributed by atoms with Crippen molar-refractivity contribution in [2.75, 3.05) is 4.72 Å². The molecule has 37 heavy (non-hydrogen) atoms. The minimum absolute atomic E-state index is 0.0892. The summed E-state index contributed by atoms with van der Waals surface area (Å²) in [6.07, 6.45) is 6.53. The number of carbonyl (C=O) groups is 1. The van der Waals surface area contributed by atoms with Crippen LogP contribution in [0.5, 0.6) is 0 Å². The van der Waals surface area contributed by atoms with Gasteiger partial charge in [0.25, 0.3) is 5.91 Å². The Balaban J connectivity index is 1.36. The standard InChI is InChI=1S/C29H33FN4O2S/c1-4-5-12-26-31-29(15-8-9-16-29)28(35)34(26)18-21-13-14-22(24(30)17-21)23-10-6-7-11-25(23)37-33-27-19(2)20(3)32-36-27/h6-7,10-11,13-14,17,33H,4-5,8-9,12,15-16,18H2,1-3H3. The van der Waals surface area contributed by atoms with Crippen LogP contribution in [0.25, 0.3) is 11.1 Å². The summed E-state index contributed by atoms with van der Waals surface area (Å²) in [6, 6.07) is 13.0. The van der Waals surface area contributed by atoms with Crippen LogP contribution in [0.3, 0.4) is 0 Å². The van der Waals surface area contributed by atoms with Crippen molar-refractivity contribution in [2.24, 2.45) is 4.99 Å². The zero-order chi connectivity index (χ0) is 26.0. The monoisotopic (exact) mass is 520 g/mol. The molecule has 1 aliphatic heterocycles. The zero-order valence-corrected chi connectivity index (χ0v) is 22.5. The van der Waals surface area contributed by atoms with Crippen LogP contribution in [0, 0.1) is 19.7 Å². The SMILES string of the molecule is CCCCC1=NC2(CCCC2)C(=O)N1Cc1ccc(-c2ccccc2SNc2onc(C)c2C)c(F)c1. The Bertz CT molecular complexity index is 1330. The van der Waals surface area contributed by atoms with E-state index in [-0.39, 0.29) is 11.7 Å². The minimum Gasteiger partial charge on any atom is -0.337 e. The molecule has 1 amide bonds. The van der Waals surface area contributed by atoms with E-state index in [1.165, 1.54) is 11.9 Å². The predicted octanol–water partition coefficient (Wildman–Crippen LogP) is 7.46. The lowest BCUT2D eigenvalue weighted by Gasteiger charge is -2.23. The van der Waals surface area contributed by atoms with Gasteiger partial charge >= 0.3 is 0 Å². The number of nitrogens with zero attached hydrogens (tertiary/aromatic N) is 3. The fraction of sp³-hybridized carbons (Fsp3) is 0.414. The summed E-state index contributed by atoms with van der Waals surface area (Å²) in [4.78, 5) is 21.1. The third-order valence-electron chi connectivity index (χ3n) is 7.44. The molecule has 2 aromatic carbocycles. The van der Waals surface area contributed by atoms with Crippen molar-refractivity contribution in [3.8, 4) is 11.1 Å². The molecular formula is C29H33FN4O2S. The highest BCUT2D eigenvalue weighted by Crippen LogP contribution is 2.40. The number of carbonyl (C=O) groups excluding carboxylic acids is 1. The fourth-order valence-electron chi connectivity index (χ4n) is 5.15. The molecule has 194 valence electrons. The maximum absolute atomic E-state index is 15.5. The lowest BCUT2D eigenvalue weighted by atomic mass is 9.98. The van der Waals surface area contributed by atoms with Crippen molar-refractivity contribution in [1.29, 1.82) is 0 Å². The molecule has 1 N–H and O–H groups in total. The lowest BCUT2D eigenvalue weighted by molar-refractivity contribution is -0.131. The van der Waals surface area contributed by atoms with Gasteiger partial charge in [-0.3, -0.25) is 19.4 Å². The molecule has 3 aromatic rings. The highest BCUT2D eigenvalue weighted by Gasteiger charge is 2.49. The van der Waals surface area contributed by atoms with E-state index in [2.05, 4.69) is 16.8 Å². The lowest BCUT2D eigenvalue weighted by Crippen LogP contribution is -2.40. The van der Waals surface area contributed by atoms with Crippen LogP contribution in [0.15, 0.2) is 56.9 Å². The number of amidine groups is 1. The van der Waals surface area contributed by atoms with Gasteiger partial charge in [0.2, 0.25) is 5.88 Å². The third-order valence-corrected chi connectivity index (χ3v) is 8.31. The number of aliphatic imine (C=N–C) groups is 1. The van der Waals surface area contributed by atoms with Gasteiger partial charge in [-0.2, -0.15) is 0 Å². The number of anilines is 1. The average molecular weight is 521 g/mol. The Labute approximate surface area is 221 Å². The Hall–Kier alpha value is -3.13. The highest BCUT2D eigenvalue weighted by molar-refractivity contribution is 8.00. The summed E-state index contributed by atoms with van der Waals surface area (Å²) in [5.41, 5.74) is 3.26. The third kappa shape index (κ3) is 5.04. The van der Waals surface area contributed by atoms with E-state index >= 15 is 4.39 Å². The van der Waals surface area contributed by atoms with E-state index in [4.69, 9.17) is 9.52 Å². The molecular weight excluding hydrogens is 487 g/mol. The average Bonchev–Trinajstić information content (AvgIpc) is 3.57. The van der Waals surface area contributed by atoms with Gasteiger partial charge < -0.3 is 4.52 Å². The first kappa shape index (κ1) is 25.5. The first-order valence-electron chi connectivity index (χ1n) is 13.1. The van der Waals surface area contributed by atoms with Crippen molar-refractivity contribution < 1.29 is 13.7 Å². The van der Waals surface area contributed by atoms with Crippen molar-refractivity contribution in [2.45, 2.75) is 82.7 Å². The van der Waals surface area contributed by atoms with Crippen molar-refractivity contribution in [3.63, 3.8) is 0 Å². The van der Waals surface area contributed by atoms with Crippen molar-refractivity contribution in [1.82, 2.24) is 10.1 Å². The number of halogens is 1. The highest BCUT2D eigenvalue weighted by atomic mass is 32.2. The summed E-state index contributed by atoms with van der Waals surface area (Å²) in [5.74, 6) is 1.23. The topological polar surface area (TPSA) is 70.7 Å². The van der Waals surface area contributed by atoms with Crippen LogP contribution in [0.2, 0.25) is 0 Å². The van der Waals surface area contributed by atoms with Crippen LogP contribution >= 0.6 is 11.9 Å². The van der Waals surface area contributed by atoms with E-state index in [0.29, 0.717) is 18.0 Å². The maximum atomic E-state index is 15.5. The van der Waals surface area contributed by atoms with Crippen molar-refractivity contribution >= 4 is 29.6 Å². The molecule has 1 fully saturated rings. The smallest absolute Gasteiger partial charge is 0.256 e. The van der Waals surface area contributed by atoms with E-state index in [1.54, 1.807) is 6.07 Å². The number of aromatic nitrogens is 1. The summed E-state index contributed by atoms with van der Waals surface area (Å²) in [5, 5.41) is 3.98. The Morgan fingerprint density at radius 3 is 2.62 bits per heavy atom. The van der Waals surface area contributed by atoms with Crippen LogP contribution in [0.4, 0.5) is 10.3 Å². The second kappa shape index (κ2) is 10.7. The molecule has 0 atom stereocenters. The van der Waals surface area contributed by atoms with Gasteiger partial charge in [0, 0.05) is 22.4 Å². The summed E-state index contributed by atoms with van der Waals surface area (Å²) < 4.78 is 24.1. The first-order chi connectivity index (χ1) is 17.9. The molecule has 0 radical (unpaired) electrons. The molecule has 1 spiro atoms. The van der Waals surface area contributed by atoms with Gasteiger partial charge in [0.15, 0.2) is 0 Å². The van der Waals surface area contributed by atoms with Gasteiger partial charge in [-0.25, -0.2) is 4.39 Å². The van der Waals surface area contributed by atoms with Gasteiger partial charge in [0.1, 0.15) is 17.2 Å². The van der Waals surface area contributed by atoms with Gasteiger partial charge in [0.05, 0.1) is 12.2 Å². The number of rotatable bonds is 9. The molecule has 0 unspecified atom stereocenters. The molecule has 2 heterocycles. The van der Waals surface area contributed by atoms with Gasteiger partial charge in [-0.1, -0.05) is 61.7 Å². The second-order valence-electron chi connectivity index (χ2n) is 10.00. The number of hydrogen-bond donors (Lipinski definition) is 1. The van der Waals surface area contributed by atoms with Crippen LogP contribution in [-0.4, -0.2) is 27.3 Å². The molecule has 1 aromatic heterocycles. The number of nitrogens with one attached hydrogen (secondary N) is 1. The van der Waals surface area contributed by atoms with E-state index in [1.807, 2.05) is 55.1 Å². The molecule has 1 saturated carbocycles. The quantitative estimate of drug-likeness (QED) is 0.297. The van der Waals surface area contributed by atoms with E-state index < -0.39 is 5.54 Å². The normalized spacial score (nSPS) is 16.6. The molecule has 0 bridgehead atoms. The first-order valence-corrected chi connectivity index (χ1v) is 13.9. The molecule has 5 rings (SSSR count). The van der Waals surface area contributed by atoms with Crippen molar-refractivity contribution in [3.05, 3.63) is 65.1 Å². The number of unbranched alkanes of at least 4 members (excludes halogenated alkanes) is 1. The zero-order valence-electron chi connectivity index (χ0n) is 21.6. The molecule has 0 saturated heterocycles. The van der Waals surface area contributed by atoms with E-state index in [9.17, 15) is 4.79 Å². The minimum atomic E-state index is -0.578. The molecule has 8 heteroatoms. The van der Waals surface area contributed by atoms with Crippen LogP contribution in [-0.2, 0) is 11.3 Å². The fourth-order valence-corrected chi connectivity index (χ4v) is 5.97. The maximum Gasteiger partial charge on any atom is 0.256 e. The number of amides is 1. The Morgan fingerprint density at radius 1 is 1.14 bits per heavy atom. The van der Waals surface area contributed by atoms with Gasteiger partial charge in [-0.05, 0) is 68.3 Å². The number of benzene rings is 2. The number of aryl methyl sites for hydroxylation is 1.